The van der Waals surface area contributed by atoms with Gasteiger partial charge in [0, 0.05) is 25.1 Å². The highest BCUT2D eigenvalue weighted by Crippen LogP contribution is 2.20. The zero-order chi connectivity index (χ0) is 13.1. The Labute approximate surface area is 111 Å². The van der Waals surface area contributed by atoms with Gasteiger partial charge in [-0.3, -0.25) is 4.79 Å². The van der Waals surface area contributed by atoms with Crippen LogP contribution in [0.3, 0.4) is 0 Å². The number of fused-ring (bicyclic) bond motifs is 1. The van der Waals surface area contributed by atoms with Crippen molar-refractivity contribution >= 4 is 28.4 Å². The average molecular weight is 267 g/mol. The number of nitrogens with zero attached hydrogens (tertiary/aromatic N) is 2. The molecular weight excluding hydrogens is 252 g/mol. The van der Waals surface area contributed by atoms with Crippen LogP contribution in [0.1, 0.15) is 24.5 Å². The summed E-state index contributed by atoms with van der Waals surface area (Å²) in [5, 5.41) is 0.618. The van der Waals surface area contributed by atoms with Crippen molar-refractivity contribution in [3.05, 3.63) is 29.0 Å². The van der Waals surface area contributed by atoms with Crippen LogP contribution >= 0.6 is 11.6 Å². The third-order valence-corrected chi connectivity index (χ3v) is 2.92. The summed E-state index contributed by atoms with van der Waals surface area (Å²) in [6, 6.07) is 5.44. The Morgan fingerprint density at radius 1 is 1.50 bits per heavy atom. The summed E-state index contributed by atoms with van der Waals surface area (Å²) in [6.45, 7) is 5.29. The van der Waals surface area contributed by atoms with E-state index in [9.17, 15) is 4.79 Å². The third-order valence-electron chi connectivity index (χ3n) is 2.69. The van der Waals surface area contributed by atoms with Crippen LogP contribution in [0.4, 0.5) is 0 Å². The first-order chi connectivity index (χ1) is 8.63. The molecule has 0 saturated carbocycles. The number of ether oxygens (including phenoxy) is 1. The lowest BCUT2D eigenvalue weighted by atomic mass is 10.3. The number of Topliss-reactive ketones (excluding diaryl/α,β-unsaturated/α-hetero) is 1. The minimum Gasteiger partial charge on any atom is -0.380 e. The van der Waals surface area contributed by atoms with Crippen LogP contribution < -0.4 is 0 Å². The molecule has 1 aromatic carbocycles. The summed E-state index contributed by atoms with van der Waals surface area (Å²) < 4.78 is 7.21. The van der Waals surface area contributed by atoms with Gasteiger partial charge in [0.05, 0.1) is 17.6 Å². The van der Waals surface area contributed by atoms with Crippen LogP contribution in [0.2, 0.25) is 5.02 Å². The Morgan fingerprint density at radius 3 is 2.94 bits per heavy atom. The Balaban J connectivity index is 2.45. The van der Waals surface area contributed by atoms with E-state index in [1.54, 1.807) is 12.1 Å². The predicted octanol–water partition coefficient (Wildman–Crippen LogP) is 2.93. The maximum Gasteiger partial charge on any atom is 0.195 e. The Kier molecular flexibility index (Phi) is 3.99. The number of carbonyl (C=O) groups is 1. The van der Waals surface area contributed by atoms with Crippen molar-refractivity contribution in [1.29, 1.82) is 0 Å². The molecule has 18 heavy (non-hydrogen) atoms. The van der Waals surface area contributed by atoms with Crippen LogP contribution in [-0.4, -0.2) is 28.5 Å². The quantitative estimate of drug-likeness (QED) is 0.617. The smallest absolute Gasteiger partial charge is 0.195 e. The summed E-state index contributed by atoms with van der Waals surface area (Å²) in [6.07, 6.45) is 0. The molecule has 0 saturated heterocycles. The van der Waals surface area contributed by atoms with Gasteiger partial charge in [0.2, 0.25) is 0 Å². The minimum atomic E-state index is -0.0566. The molecule has 0 aliphatic heterocycles. The van der Waals surface area contributed by atoms with E-state index in [-0.39, 0.29) is 5.78 Å². The first-order valence-corrected chi connectivity index (χ1v) is 6.25. The maximum atomic E-state index is 11.6. The molecule has 0 aliphatic rings. The van der Waals surface area contributed by atoms with E-state index in [1.807, 2.05) is 17.6 Å². The average Bonchev–Trinajstić information content (AvgIpc) is 2.68. The van der Waals surface area contributed by atoms with Crippen LogP contribution in [0.25, 0.3) is 11.0 Å². The van der Waals surface area contributed by atoms with Crippen LogP contribution in [0.5, 0.6) is 0 Å². The highest BCUT2D eigenvalue weighted by Gasteiger charge is 2.14. The molecule has 0 amide bonds. The molecule has 0 radical (unpaired) electrons. The summed E-state index contributed by atoms with van der Waals surface area (Å²) in [5.41, 5.74) is 1.65. The summed E-state index contributed by atoms with van der Waals surface area (Å²) in [7, 11) is 0. The number of aromatic nitrogens is 2. The van der Waals surface area contributed by atoms with Crippen LogP contribution in [-0.2, 0) is 11.3 Å². The van der Waals surface area contributed by atoms with Gasteiger partial charge in [0.1, 0.15) is 0 Å². The van der Waals surface area contributed by atoms with Gasteiger partial charge in [-0.1, -0.05) is 11.6 Å². The van der Waals surface area contributed by atoms with Gasteiger partial charge in [-0.05, 0) is 25.1 Å². The second kappa shape index (κ2) is 5.50. The van der Waals surface area contributed by atoms with E-state index in [2.05, 4.69) is 4.98 Å². The van der Waals surface area contributed by atoms with E-state index in [0.29, 0.717) is 30.6 Å². The molecule has 0 N–H and O–H groups in total. The molecule has 0 bridgehead atoms. The molecular formula is C13H15ClN2O2. The van der Waals surface area contributed by atoms with Gasteiger partial charge in [-0.15, -0.1) is 0 Å². The predicted molar refractivity (Wildman–Crippen MR) is 71.2 cm³/mol. The van der Waals surface area contributed by atoms with Crippen molar-refractivity contribution in [3.63, 3.8) is 0 Å². The molecule has 5 heteroatoms. The van der Waals surface area contributed by atoms with Crippen molar-refractivity contribution in [3.8, 4) is 0 Å². The first-order valence-electron chi connectivity index (χ1n) is 5.88. The molecule has 4 nitrogen and oxygen atoms in total. The van der Waals surface area contributed by atoms with Gasteiger partial charge in [0.25, 0.3) is 0 Å². The fourth-order valence-electron chi connectivity index (χ4n) is 1.90. The number of hydrogen-bond acceptors (Lipinski definition) is 3. The molecule has 2 aromatic rings. The number of benzene rings is 1. The number of halogens is 1. The number of rotatable bonds is 5. The molecule has 1 heterocycles. The lowest BCUT2D eigenvalue weighted by molar-refractivity contribution is 0.0994. The number of imidazole rings is 1. The number of hydrogen-bond donors (Lipinski definition) is 0. The topological polar surface area (TPSA) is 44.1 Å². The van der Waals surface area contributed by atoms with Gasteiger partial charge >= 0.3 is 0 Å². The molecule has 1 aromatic heterocycles. The van der Waals surface area contributed by atoms with E-state index in [4.69, 9.17) is 16.3 Å². The van der Waals surface area contributed by atoms with Crippen molar-refractivity contribution in [2.75, 3.05) is 13.2 Å². The summed E-state index contributed by atoms with van der Waals surface area (Å²) in [5.74, 6) is 0.394. The highest BCUT2D eigenvalue weighted by atomic mass is 35.5. The number of carbonyl (C=O) groups excluding carboxylic acids is 1. The number of ketones is 1. The van der Waals surface area contributed by atoms with Crippen molar-refractivity contribution in [2.24, 2.45) is 0 Å². The highest BCUT2D eigenvalue weighted by molar-refractivity contribution is 6.31. The van der Waals surface area contributed by atoms with E-state index in [0.717, 1.165) is 11.0 Å². The van der Waals surface area contributed by atoms with E-state index in [1.165, 1.54) is 6.92 Å². The van der Waals surface area contributed by atoms with Crippen molar-refractivity contribution < 1.29 is 9.53 Å². The molecule has 96 valence electrons. The second-order valence-electron chi connectivity index (χ2n) is 3.97. The Bertz CT molecular complexity index is 578. The fourth-order valence-corrected chi connectivity index (χ4v) is 2.06. The molecule has 0 atom stereocenters. The zero-order valence-electron chi connectivity index (χ0n) is 10.4. The van der Waals surface area contributed by atoms with Gasteiger partial charge < -0.3 is 9.30 Å². The molecule has 0 fully saturated rings. The summed E-state index contributed by atoms with van der Waals surface area (Å²) in [4.78, 5) is 15.9. The first kappa shape index (κ1) is 13.1. The normalized spacial score (nSPS) is 11.1. The zero-order valence-corrected chi connectivity index (χ0v) is 11.2. The minimum absolute atomic E-state index is 0.0566. The lowest BCUT2D eigenvalue weighted by Gasteiger charge is -2.07. The molecule has 0 aliphatic carbocycles. The lowest BCUT2D eigenvalue weighted by Crippen LogP contribution is -2.12. The Hall–Kier alpha value is -1.39. The van der Waals surface area contributed by atoms with Crippen molar-refractivity contribution in [1.82, 2.24) is 9.55 Å². The van der Waals surface area contributed by atoms with Crippen molar-refractivity contribution in [2.45, 2.75) is 20.4 Å². The monoisotopic (exact) mass is 266 g/mol. The molecule has 0 spiro atoms. The van der Waals surface area contributed by atoms with Gasteiger partial charge in [-0.2, -0.15) is 0 Å². The fraction of sp³-hybridized carbons (Fsp3) is 0.385. The van der Waals surface area contributed by atoms with Gasteiger partial charge in [0.15, 0.2) is 11.6 Å². The maximum absolute atomic E-state index is 11.6. The SMILES string of the molecule is CCOCCn1c(C(C)=O)nc2cc(Cl)ccc21. The van der Waals surface area contributed by atoms with Crippen LogP contribution in [0.15, 0.2) is 18.2 Å². The summed E-state index contributed by atoms with van der Waals surface area (Å²) >= 11 is 5.93. The molecule has 2 rings (SSSR count). The third kappa shape index (κ3) is 2.54. The molecule has 0 unspecified atom stereocenters. The Morgan fingerprint density at radius 2 is 2.28 bits per heavy atom. The van der Waals surface area contributed by atoms with Crippen LogP contribution in [0, 0.1) is 0 Å². The van der Waals surface area contributed by atoms with E-state index >= 15 is 0 Å². The standard InChI is InChI=1S/C13H15ClN2O2/c1-3-18-7-6-16-12-5-4-10(14)8-11(12)15-13(16)9(2)17/h4-5,8H,3,6-7H2,1-2H3. The second-order valence-corrected chi connectivity index (χ2v) is 4.41. The van der Waals surface area contributed by atoms with Gasteiger partial charge in [-0.25, -0.2) is 4.98 Å². The largest absolute Gasteiger partial charge is 0.380 e. The van der Waals surface area contributed by atoms with E-state index < -0.39 is 0 Å².